The van der Waals surface area contributed by atoms with E-state index in [-0.39, 0.29) is 5.60 Å². The zero-order chi connectivity index (χ0) is 10.2. The van der Waals surface area contributed by atoms with Crippen molar-refractivity contribution in [2.75, 3.05) is 5.73 Å². The van der Waals surface area contributed by atoms with Crippen molar-refractivity contribution in [2.45, 2.75) is 38.7 Å². The number of benzene rings is 1. The third-order valence-electron chi connectivity index (χ3n) is 3.03. The van der Waals surface area contributed by atoms with Crippen LogP contribution in [0.2, 0.25) is 0 Å². The van der Waals surface area contributed by atoms with E-state index < -0.39 is 0 Å². The van der Waals surface area contributed by atoms with E-state index in [4.69, 9.17) is 10.5 Å². The lowest BCUT2D eigenvalue weighted by molar-refractivity contribution is 0.174. The second-order valence-electron chi connectivity index (χ2n) is 4.16. The lowest BCUT2D eigenvalue weighted by Gasteiger charge is -2.16. The summed E-state index contributed by atoms with van der Waals surface area (Å²) in [6, 6.07) is 5.89. The summed E-state index contributed by atoms with van der Waals surface area (Å²) < 4.78 is 5.94. The van der Waals surface area contributed by atoms with Gasteiger partial charge in [0.05, 0.1) is 0 Å². The van der Waals surface area contributed by atoms with Gasteiger partial charge in [-0.25, -0.2) is 0 Å². The quantitative estimate of drug-likeness (QED) is 0.745. The number of anilines is 1. The average Bonchev–Trinajstić information content (AvgIpc) is 2.93. The van der Waals surface area contributed by atoms with Gasteiger partial charge in [-0.1, -0.05) is 6.92 Å². The number of rotatable bonds is 3. The van der Waals surface area contributed by atoms with Crippen LogP contribution >= 0.6 is 0 Å². The minimum absolute atomic E-state index is 0.141. The predicted molar refractivity (Wildman–Crippen MR) is 58.5 cm³/mol. The number of nitrogen functional groups attached to an aromatic ring is 1. The molecule has 0 saturated heterocycles. The maximum Gasteiger partial charge on any atom is 0.120 e. The number of hydrogen-bond acceptors (Lipinski definition) is 2. The van der Waals surface area contributed by atoms with Gasteiger partial charge in [-0.2, -0.15) is 0 Å². The largest absolute Gasteiger partial charge is 0.487 e. The first-order valence-corrected chi connectivity index (χ1v) is 5.20. The third kappa shape index (κ3) is 1.69. The Bertz CT molecular complexity index is 342. The van der Waals surface area contributed by atoms with Crippen LogP contribution in [0.5, 0.6) is 5.75 Å². The molecular formula is C12H17NO. The first kappa shape index (κ1) is 9.38. The van der Waals surface area contributed by atoms with Gasteiger partial charge < -0.3 is 10.5 Å². The zero-order valence-electron chi connectivity index (χ0n) is 8.84. The third-order valence-corrected chi connectivity index (χ3v) is 3.03. The number of hydrogen-bond donors (Lipinski definition) is 1. The van der Waals surface area contributed by atoms with Crippen LogP contribution in [-0.2, 0) is 0 Å². The van der Waals surface area contributed by atoms with E-state index in [1.807, 2.05) is 25.1 Å². The fourth-order valence-corrected chi connectivity index (χ4v) is 1.63. The fourth-order valence-electron chi connectivity index (χ4n) is 1.63. The van der Waals surface area contributed by atoms with Crippen molar-refractivity contribution >= 4 is 5.69 Å². The normalized spacial score (nSPS) is 17.9. The summed E-state index contributed by atoms with van der Waals surface area (Å²) in [4.78, 5) is 0. The number of aryl methyl sites for hydroxylation is 1. The Labute approximate surface area is 85.1 Å². The molecule has 1 fully saturated rings. The van der Waals surface area contributed by atoms with Gasteiger partial charge in [-0.15, -0.1) is 0 Å². The minimum Gasteiger partial charge on any atom is -0.487 e. The van der Waals surface area contributed by atoms with E-state index in [2.05, 4.69) is 6.92 Å². The molecule has 0 aromatic heterocycles. The van der Waals surface area contributed by atoms with E-state index in [0.717, 1.165) is 23.4 Å². The first-order valence-electron chi connectivity index (χ1n) is 5.20. The van der Waals surface area contributed by atoms with Gasteiger partial charge in [-0.05, 0) is 49.9 Å². The SMILES string of the molecule is CCC1(Oc2ccc(N)c(C)c2)CC1. The molecule has 0 atom stereocenters. The van der Waals surface area contributed by atoms with Crippen molar-refractivity contribution in [3.8, 4) is 5.75 Å². The Morgan fingerprint density at radius 1 is 1.43 bits per heavy atom. The fraction of sp³-hybridized carbons (Fsp3) is 0.500. The highest BCUT2D eigenvalue weighted by atomic mass is 16.5. The first-order chi connectivity index (χ1) is 6.65. The van der Waals surface area contributed by atoms with Crippen LogP contribution in [0.3, 0.4) is 0 Å². The zero-order valence-corrected chi connectivity index (χ0v) is 8.84. The average molecular weight is 191 g/mol. The molecule has 76 valence electrons. The van der Waals surface area contributed by atoms with Crippen molar-refractivity contribution in [1.29, 1.82) is 0 Å². The summed E-state index contributed by atoms with van der Waals surface area (Å²) in [5.74, 6) is 0.955. The summed E-state index contributed by atoms with van der Waals surface area (Å²) in [6.07, 6.45) is 3.47. The van der Waals surface area contributed by atoms with E-state index in [0.29, 0.717) is 0 Å². The highest BCUT2D eigenvalue weighted by Crippen LogP contribution is 2.43. The topological polar surface area (TPSA) is 35.2 Å². The molecule has 0 unspecified atom stereocenters. The molecule has 2 N–H and O–H groups in total. The van der Waals surface area contributed by atoms with Crippen LogP contribution in [0.25, 0.3) is 0 Å². The Balaban J connectivity index is 2.14. The van der Waals surface area contributed by atoms with Crippen LogP contribution in [0.4, 0.5) is 5.69 Å². The standard InChI is InChI=1S/C12H17NO/c1-3-12(6-7-12)14-10-4-5-11(13)9(2)8-10/h4-5,8H,3,6-7,13H2,1-2H3. The van der Waals surface area contributed by atoms with Gasteiger partial charge in [0.15, 0.2) is 0 Å². The summed E-state index contributed by atoms with van der Waals surface area (Å²) in [5, 5.41) is 0. The second-order valence-corrected chi connectivity index (χ2v) is 4.16. The number of nitrogens with two attached hydrogens (primary N) is 1. The van der Waals surface area contributed by atoms with Crippen LogP contribution < -0.4 is 10.5 Å². The maximum atomic E-state index is 5.94. The van der Waals surface area contributed by atoms with Crippen LogP contribution in [0.1, 0.15) is 31.7 Å². The summed E-state index contributed by atoms with van der Waals surface area (Å²) in [6.45, 7) is 4.19. The second kappa shape index (κ2) is 3.19. The van der Waals surface area contributed by atoms with Crippen LogP contribution in [0, 0.1) is 6.92 Å². The molecule has 2 nitrogen and oxygen atoms in total. The van der Waals surface area contributed by atoms with Crippen molar-refractivity contribution in [1.82, 2.24) is 0 Å². The predicted octanol–water partition coefficient (Wildman–Crippen LogP) is 2.90. The monoisotopic (exact) mass is 191 g/mol. The smallest absolute Gasteiger partial charge is 0.120 e. The molecular weight excluding hydrogens is 174 g/mol. The minimum atomic E-state index is 0.141. The van der Waals surface area contributed by atoms with Crippen molar-refractivity contribution < 1.29 is 4.74 Å². The molecule has 0 aliphatic heterocycles. The van der Waals surface area contributed by atoms with Crippen molar-refractivity contribution in [2.24, 2.45) is 0 Å². The highest BCUT2D eigenvalue weighted by Gasteiger charge is 2.43. The molecule has 0 radical (unpaired) electrons. The Hall–Kier alpha value is -1.18. The molecule has 0 bridgehead atoms. The van der Waals surface area contributed by atoms with Gasteiger partial charge >= 0.3 is 0 Å². The van der Waals surface area contributed by atoms with E-state index in [1.54, 1.807) is 0 Å². The molecule has 14 heavy (non-hydrogen) atoms. The molecule has 1 aromatic rings. The molecule has 1 aromatic carbocycles. The molecule has 1 aliphatic rings. The van der Waals surface area contributed by atoms with Gasteiger partial charge in [0, 0.05) is 5.69 Å². The van der Waals surface area contributed by atoms with Crippen LogP contribution in [0.15, 0.2) is 18.2 Å². The lowest BCUT2D eigenvalue weighted by atomic mass is 10.2. The van der Waals surface area contributed by atoms with E-state index >= 15 is 0 Å². The molecule has 0 spiro atoms. The number of ether oxygens (including phenoxy) is 1. The van der Waals surface area contributed by atoms with Crippen LogP contribution in [-0.4, -0.2) is 5.60 Å². The molecule has 0 heterocycles. The summed E-state index contributed by atoms with van der Waals surface area (Å²) in [5.41, 5.74) is 7.81. The van der Waals surface area contributed by atoms with Gasteiger partial charge in [0.1, 0.15) is 11.4 Å². The molecule has 0 amide bonds. The molecule has 1 aliphatic carbocycles. The van der Waals surface area contributed by atoms with Gasteiger partial charge in [0.2, 0.25) is 0 Å². The Kier molecular flexibility index (Phi) is 2.14. The summed E-state index contributed by atoms with van der Waals surface area (Å²) in [7, 11) is 0. The molecule has 2 rings (SSSR count). The molecule has 1 saturated carbocycles. The van der Waals surface area contributed by atoms with Gasteiger partial charge in [-0.3, -0.25) is 0 Å². The summed E-state index contributed by atoms with van der Waals surface area (Å²) >= 11 is 0. The lowest BCUT2D eigenvalue weighted by Crippen LogP contribution is -2.16. The van der Waals surface area contributed by atoms with E-state index in [1.165, 1.54) is 12.8 Å². The van der Waals surface area contributed by atoms with Gasteiger partial charge in [0.25, 0.3) is 0 Å². The Morgan fingerprint density at radius 2 is 2.14 bits per heavy atom. The van der Waals surface area contributed by atoms with Crippen molar-refractivity contribution in [3.05, 3.63) is 23.8 Å². The molecule has 2 heteroatoms. The highest BCUT2D eigenvalue weighted by molar-refractivity contribution is 5.49. The maximum absolute atomic E-state index is 5.94. The van der Waals surface area contributed by atoms with E-state index in [9.17, 15) is 0 Å². The van der Waals surface area contributed by atoms with Crippen molar-refractivity contribution in [3.63, 3.8) is 0 Å². The Morgan fingerprint density at radius 3 is 2.64 bits per heavy atom.